The zero-order chi connectivity index (χ0) is 9.84. The topological polar surface area (TPSA) is 43.7 Å². The summed E-state index contributed by atoms with van der Waals surface area (Å²) < 4.78 is 0. The maximum absolute atomic E-state index is 9.64. The second kappa shape index (κ2) is 4.94. The first-order chi connectivity index (χ1) is 6.09. The lowest BCUT2D eigenvalue weighted by atomic mass is 10.0. The molecular formula is C10H21NO2. The lowest BCUT2D eigenvalue weighted by molar-refractivity contribution is 0.0256. The third-order valence-electron chi connectivity index (χ3n) is 2.70. The highest BCUT2D eigenvalue weighted by atomic mass is 16.3. The fraction of sp³-hybridized carbons (Fsp3) is 1.00. The molecule has 0 radical (unpaired) electrons. The van der Waals surface area contributed by atoms with Crippen LogP contribution < -0.4 is 0 Å². The molecule has 3 heteroatoms. The Morgan fingerprint density at radius 3 is 2.69 bits per heavy atom. The molecule has 0 amide bonds. The summed E-state index contributed by atoms with van der Waals surface area (Å²) in [6.07, 6.45) is 1.51. The second-order valence-electron chi connectivity index (χ2n) is 4.37. The lowest BCUT2D eigenvalue weighted by Gasteiger charge is -2.32. The molecule has 1 rings (SSSR count). The van der Waals surface area contributed by atoms with Gasteiger partial charge in [0.25, 0.3) is 0 Å². The normalized spacial score (nSPS) is 27.9. The Kier molecular flexibility index (Phi) is 4.16. The molecular weight excluding hydrogens is 166 g/mol. The van der Waals surface area contributed by atoms with Crippen molar-refractivity contribution in [2.24, 2.45) is 5.92 Å². The summed E-state index contributed by atoms with van der Waals surface area (Å²) >= 11 is 0. The zero-order valence-corrected chi connectivity index (χ0v) is 8.61. The number of hydrogen-bond donors (Lipinski definition) is 2. The van der Waals surface area contributed by atoms with E-state index in [2.05, 4.69) is 4.90 Å². The van der Waals surface area contributed by atoms with E-state index < -0.39 is 0 Å². The van der Waals surface area contributed by atoms with E-state index in [0.717, 1.165) is 25.9 Å². The van der Waals surface area contributed by atoms with E-state index in [1.54, 1.807) is 0 Å². The van der Waals surface area contributed by atoms with Crippen molar-refractivity contribution in [3.05, 3.63) is 0 Å². The molecule has 1 fully saturated rings. The van der Waals surface area contributed by atoms with Crippen molar-refractivity contribution < 1.29 is 10.2 Å². The smallest absolute Gasteiger partial charge is 0.0689 e. The number of piperidine rings is 1. The van der Waals surface area contributed by atoms with E-state index in [0.29, 0.717) is 12.5 Å². The zero-order valence-electron chi connectivity index (χ0n) is 8.61. The van der Waals surface area contributed by atoms with E-state index in [4.69, 9.17) is 0 Å². The van der Waals surface area contributed by atoms with Crippen molar-refractivity contribution >= 4 is 0 Å². The highest BCUT2D eigenvalue weighted by Crippen LogP contribution is 2.12. The summed E-state index contributed by atoms with van der Waals surface area (Å²) in [5, 5.41) is 19.0. The van der Waals surface area contributed by atoms with Gasteiger partial charge < -0.3 is 10.2 Å². The third kappa shape index (κ3) is 3.63. The standard InChI is InChI=1S/C10H21NO2/c1-8(2)10(13)7-11-5-3-4-9(12)6-11/h8-10,12-13H,3-7H2,1-2H3/t9-,10?/m0/s1. The SMILES string of the molecule is CC(C)C(O)CN1CCC[C@H](O)C1. The van der Waals surface area contributed by atoms with Crippen molar-refractivity contribution in [3.8, 4) is 0 Å². The highest BCUT2D eigenvalue weighted by Gasteiger charge is 2.20. The van der Waals surface area contributed by atoms with E-state index in [-0.39, 0.29) is 12.2 Å². The van der Waals surface area contributed by atoms with Crippen molar-refractivity contribution in [1.29, 1.82) is 0 Å². The molecule has 1 saturated heterocycles. The van der Waals surface area contributed by atoms with Crippen LogP contribution in [-0.2, 0) is 0 Å². The molecule has 2 N–H and O–H groups in total. The molecule has 13 heavy (non-hydrogen) atoms. The average Bonchev–Trinajstić information content (AvgIpc) is 2.04. The summed E-state index contributed by atoms with van der Waals surface area (Å²) in [7, 11) is 0. The number of aliphatic hydroxyl groups excluding tert-OH is 2. The Bertz CT molecular complexity index is 150. The predicted molar refractivity (Wildman–Crippen MR) is 52.5 cm³/mol. The van der Waals surface area contributed by atoms with Crippen LogP contribution in [0.4, 0.5) is 0 Å². The first-order valence-corrected chi connectivity index (χ1v) is 5.18. The molecule has 78 valence electrons. The fourth-order valence-electron chi connectivity index (χ4n) is 1.67. The molecule has 0 spiro atoms. The number of aliphatic hydroxyl groups is 2. The number of hydrogen-bond acceptors (Lipinski definition) is 3. The van der Waals surface area contributed by atoms with E-state index in [1.165, 1.54) is 0 Å². The van der Waals surface area contributed by atoms with E-state index in [1.807, 2.05) is 13.8 Å². The Morgan fingerprint density at radius 2 is 2.15 bits per heavy atom. The lowest BCUT2D eigenvalue weighted by Crippen LogP contribution is -2.43. The first-order valence-electron chi connectivity index (χ1n) is 5.18. The first kappa shape index (κ1) is 11.0. The van der Waals surface area contributed by atoms with Gasteiger partial charge in [0.1, 0.15) is 0 Å². The molecule has 3 nitrogen and oxygen atoms in total. The molecule has 1 aliphatic heterocycles. The minimum atomic E-state index is -0.259. The monoisotopic (exact) mass is 187 g/mol. The van der Waals surface area contributed by atoms with Crippen LogP contribution in [-0.4, -0.2) is 47.0 Å². The van der Waals surface area contributed by atoms with Gasteiger partial charge in [0.05, 0.1) is 12.2 Å². The van der Waals surface area contributed by atoms with Crippen molar-refractivity contribution in [2.75, 3.05) is 19.6 Å². The molecule has 1 aliphatic rings. The van der Waals surface area contributed by atoms with Gasteiger partial charge >= 0.3 is 0 Å². The molecule has 0 aliphatic carbocycles. The third-order valence-corrected chi connectivity index (χ3v) is 2.70. The predicted octanol–water partition coefficient (Wildman–Crippen LogP) is 0.460. The van der Waals surface area contributed by atoms with E-state index in [9.17, 15) is 10.2 Å². The Hall–Kier alpha value is -0.120. The second-order valence-corrected chi connectivity index (χ2v) is 4.37. The largest absolute Gasteiger partial charge is 0.392 e. The number of rotatable bonds is 3. The molecule has 0 saturated carbocycles. The average molecular weight is 187 g/mol. The minimum absolute atomic E-state index is 0.187. The van der Waals surface area contributed by atoms with Gasteiger partial charge in [-0.05, 0) is 25.3 Å². The van der Waals surface area contributed by atoms with Crippen LogP contribution >= 0.6 is 0 Å². The maximum Gasteiger partial charge on any atom is 0.0689 e. The van der Waals surface area contributed by atoms with Gasteiger partial charge in [0, 0.05) is 13.1 Å². The molecule has 1 heterocycles. The van der Waals surface area contributed by atoms with Gasteiger partial charge in [0.2, 0.25) is 0 Å². The molecule has 2 atom stereocenters. The molecule has 0 aromatic carbocycles. The van der Waals surface area contributed by atoms with Crippen LogP contribution in [0.15, 0.2) is 0 Å². The summed E-state index contributed by atoms with van der Waals surface area (Å²) in [6, 6.07) is 0. The van der Waals surface area contributed by atoms with Crippen LogP contribution in [0.2, 0.25) is 0 Å². The molecule has 0 aromatic rings. The Balaban J connectivity index is 2.27. The molecule has 0 aromatic heterocycles. The van der Waals surface area contributed by atoms with Crippen LogP contribution in [0.25, 0.3) is 0 Å². The maximum atomic E-state index is 9.64. The summed E-state index contributed by atoms with van der Waals surface area (Å²) in [5.74, 6) is 0.305. The Labute approximate surface area is 80.4 Å². The van der Waals surface area contributed by atoms with E-state index >= 15 is 0 Å². The van der Waals surface area contributed by atoms with Crippen molar-refractivity contribution in [1.82, 2.24) is 4.90 Å². The minimum Gasteiger partial charge on any atom is -0.392 e. The van der Waals surface area contributed by atoms with Gasteiger partial charge in [-0.2, -0.15) is 0 Å². The quantitative estimate of drug-likeness (QED) is 0.674. The van der Waals surface area contributed by atoms with Gasteiger partial charge in [-0.15, -0.1) is 0 Å². The highest BCUT2D eigenvalue weighted by molar-refractivity contribution is 4.75. The van der Waals surface area contributed by atoms with Crippen LogP contribution in [0.3, 0.4) is 0 Å². The number of nitrogens with zero attached hydrogens (tertiary/aromatic N) is 1. The summed E-state index contributed by atoms with van der Waals surface area (Å²) in [6.45, 7) is 6.48. The van der Waals surface area contributed by atoms with Gasteiger partial charge in [0.15, 0.2) is 0 Å². The van der Waals surface area contributed by atoms with Crippen LogP contribution in [0.5, 0.6) is 0 Å². The number of β-amino-alcohol motifs (C(OH)–C–C–N with tert-alkyl or cyclic N) is 2. The number of likely N-dealkylation sites (tertiary alicyclic amines) is 1. The van der Waals surface area contributed by atoms with Crippen molar-refractivity contribution in [2.45, 2.75) is 38.9 Å². The van der Waals surface area contributed by atoms with Gasteiger partial charge in [-0.1, -0.05) is 13.8 Å². The van der Waals surface area contributed by atoms with Gasteiger partial charge in [-0.3, -0.25) is 4.90 Å². The summed E-state index contributed by atoms with van der Waals surface area (Å²) in [5.41, 5.74) is 0. The molecule has 1 unspecified atom stereocenters. The molecule has 0 bridgehead atoms. The van der Waals surface area contributed by atoms with Crippen LogP contribution in [0, 0.1) is 5.92 Å². The van der Waals surface area contributed by atoms with Gasteiger partial charge in [-0.25, -0.2) is 0 Å². The summed E-state index contributed by atoms with van der Waals surface area (Å²) in [4.78, 5) is 2.15. The van der Waals surface area contributed by atoms with Crippen LogP contribution in [0.1, 0.15) is 26.7 Å². The Morgan fingerprint density at radius 1 is 1.46 bits per heavy atom. The van der Waals surface area contributed by atoms with Crippen molar-refractivity contribution in [3.63, 3.8) is 0 Å². The fourth-order valence-corrected chi connectivity index (χ4v) is 1.67.